The van der Waals surface area contributed by atoms with Crippen LogP contribution in [-0.2, 0) is 4.79 Å². The maximum absolute atomic E-state index is 11.3. The summed E-state index contributed by atoms with van der Waals surface area (Å²) in [5, 5.41) is 37.0. The topological polar surface area (TPSA) is 112 Å². The van der Waals surface area contributed by atoms with Gasteiger partial charge in [-0.15, -0.1) is 0 Å². The Hall–Kier alpha value is -2.37. The first-order chi connectivity index (χ1) is 8.50. The largest absolute Gasteiger partial charge is 0.300 e. The number of hydrogen-bond acceptors (Lipinski definition) is 5. The van der Waals surface area contributed by atoms with Gasteiger partial charge in [0.1, 0.15) is 16.6 Å². The lowest BCUT2D eigenvalue weighted by Crippen LogP contribution is -2.45. The SMILES string of the molecule is CC(=O)CC1C(C#N)(C#N)CCCC1(C#N)C#N. The summed E-state index contributed by atoms with van der Waals surface area (Å²) in [4.78, 5) is 11.3. The van der Waals surface area contributed by atoms with Gasteiger partial charge in [-0.05, 0) is 26.2 Å². The number of nitriles is 4. The van der Waals surface area contributed by atoms with E-state index in [1.807, 2.05) is 24.3 Å². The van der Waals surface area contributed by atoms with E-state index in [0.717, 1.165) is 0 Å². The first kappa shape index (κ1) is 13.7. The zero-order chi connectivity index (χ0) is 13.8. The number of carbonyl (C=O) groups excluding carboxylic acids is 1. The molecule has 0 amide bonds. The fourth-order valence-electron chi connectivity index (χ4n) is 2.64. The number of nitrogens with zero attached hydrogens (tertiary/aromatic N) is 4. The predicted molar refractivity (Wildman–Crippen MR) is 60.0 cm³/mol. The predicted octanol–water partition coefficient (Wildman–Crippen LogP) is 1.83. The van der Waals surface area contributed by atoms with Crippen LogP contribution in [0.2, 0.25) is 0 Å². The Morgan fingerprint density at radius 1 is 1.06 bits per heavy atom. The molecule has 5 nitrogen and oxygen atoms in total. The molecular weight excluding hydrogens is 228 g/mol. The molecule has 0 bridgehead atoms. The van der Waals surface area contributed by atoms with Gasteiger partial charge in [0.05, 0.1) is 24.3 Å². The normalized spacial score (nSPS) is 20.7. The first-order valence-corrected chi connectivity index (χ1v) is 5.64. The minimum atomic E-state index is -1.41. The molecule has 0 aromatic carbocycles. The number of Topliss-reactive ketones (excluding diaryl/α,β-unsaturated/α-hetero) is 1. The van der Waals surface area contributed by atoms with Crippen LogP contribution in [0.1, 0.15) is 32.6 Å². The van der Waals surface area contributed by atoms with Crippen molar-refractivity contribution in [3.05, 3.63) is 0 Å². The molecule has 5 heteroatoms. The second-order valence-electron chi connectivity index (χ2n) is 4.70. The van der Waals surface area contributed by atoms with Gasteiger partial charge in [0.25, 0.3) is 0 Å². The maximum atomic E-state index is 11.3. The average molecular weight is 240 g/mol. The monoisotopic (exact) mass is 240 g/mol. The zero-order valence-electron chi connectivity index (χ0n) is 10.1. The Bertz CT molecular complexity index is 455. The molecule has 1 fully saturated rings. The summed E-state index contributed by atoms with van der Waals surface area (Å²) in [6.07, 6.45) is 1.00. The maximum Gasteiger partial charge on any atom is 0.149 e. The minimum absolute atomic E-state index is 0.0811. The van der Waals surface area contributed by atoms with Crippen LogP contribution < -0.4 is 0 Å². The molecule has 1 aliphatic rings. The first-order valence-electron chi connectivity index (χ1n) is 5.64. The van der Waals surface area contributed by atoms with Crippen LogP contribution in [0.3, 0.4) is 0 Å². The quantitative estimate of drug-likeness (QED) is 0.730. The molecule has 90 valence electrons. The molecule has 0 radical (unpaired) electrons. The van der Waals surface area contributed by atoms with Crippen LogP contribution in [-0.4, -0.2) is 5.78 Å². The van der Waals surface area contributed by atoms with Crippen LogP contribution in [0.4, 0.5) is 0 Å². The van der Waals surface area contributed by atoms with E-state index >= 15 is 0 Å². The van der Waals surface area contributed by atoms with Crippen molar-refractivity contribution in [2.75, 3.05) is 0 Å². The summed E-state index contributed by atoms with van der Waals surface area (Å²) >= 11 is 0. The number of rotatable bonds is 2. The average Bonchev–Trinajstić information content (AvgIpc) is 2.39. The van der Waals surface area contributed by atoms with Gasteiger partial charge >= 0.3 is 0 Å². The summed E-state index contributed by atoms with van der Waals surface area (Å²) in [7, 11) is 0. The lowest BCUT2D eigenvalue weighted by molar-refractivity contribution is -0.119. The number of hydrogen-bond donors (Lipinski definition) is 0. The standard InChI is InChI=1S/C13H12N4O/c1-10(18)5-11-12(6-14,7-15)3-2-4-13(11,8-16)9-17/h11H,2-5H2,1H3. The third-order valence-electron chi connectivity index (χ3n) is 3.62. The van der Waals surface area contributed by atoms with E-state index in [0.29, 0.717) is 19.3 Å². The smallest absolute Gasteiger partial charge is 0.149 e. The van der Waals surface area contributed by atoms with Crippen LogP contribution >= 0.6 is 0 Å². The fraction of sp³-hybridized carbons (Fsp3) is 0.615. The van der Waals surface area contributed by atoms with Gasteiger partial charge < -0.3 is 4.79 Å². The van der Waals surface area contributed by atoms with E-state index in [-0.39, 0.29) is 12.2 Å². The Morgan fingerprint density at radius 3 is 1.72 bits per heavy atom. The molecule has 0 saturated heterocycles. The highest BCUT2D eigenvalue weighted by atomic mass is 16.1. The second-order valence-corrected chi connectivity index (χ2v) is 4.70. The van der Waals surface area contributed by atoms with E-state index in [1.54, 1.807) is 0 Å². The minimum Gasteiger partial charge on any atom is -0.300 e. The van der Waals surface area contributed by atoms with Gasteiger partial charge in [0, 0.05) is 12.3 Å². The van der Waals surface area contributed by atoms with Gasteiger partial charge in [-0.3, -0.25) is 0 Å². The number of ketones is 1. The van der Waals surface area contributed by atoms with Crippen molar-refractivity contribution in [1.82, 2.24) is 0 Å². The second kappa shape index (κ2) is 4.87. The molecule has 1 rings (SSSR count). The van der Waals surface area contributed by atoms with Crippen molar-refractivity contribution in [2.24, 2.45) is 16.7 Å². The Balaban J connectivity index is 3.37. The van der Waals surface area contributed by atoms with Crippen molar-refractivity contribution >= 4 is 5.78 Å². The van der Waals surface area contributed by atoms with Crippen LogP contribution in [0.15, 0.2) is 0 Å². The molecule has 1 saturated carbocycles. The molecule has 0 aromatic heterocycles. The Kier molecular flexibility index (Phi) is 3.70. The molecule has 1 aliphatic carbocycles. The van der Waals surface area contributed by atoms with Gasteiger partial charge in [-0.2, -0.15) is 21.0 Å². The lowest BCUT2D eigenvalue weighted by Gasteiger charge is -2.40. The summed E-state index contributed by atoms with van der Waals surface area (Å²) in [6, 6.07) is 7.72. The molecule has 0 aromatic rings. The van der Waals surface area contributed by atoms with E-state index in [4.69, 9.17) is 0 Å². The van der Waals surface area contributed by atoms with Crippen molar-refractivity contribution in [3.63, 3.8) is 0 Å². The molecular formula is C13H12N4O. The molecule has 0 N–H and O–H groups in total. The highest BCUT2D eigenvalue weighted by Gasteiger charge is 2.56. The van der Waals surface area contributed by atoms with Gasteiger partial charge in [-0.1, -0.05) is 0 Å². The molecule has 0 heterocycles. The van der Waals surface area contributed by atoms with E-state index < -0.39 is 16.7 Å². The Labute approximate surface area is 106 Å². The van der Waals surface area contributed by atoms with Crippen molar-refractivity contribution in [2.45, 2.75) is 32.6 Å². The van der Waals surface area contributed by atoms with E-state index in [2.05, 4.69) is 0 Å². The van der Waals surface area contributed by atoms with E-state index in [9.17, 15) is 25.8 Å². The third kappa shape index (κ3) is 1.92. The zero-order valence-corrected chi connectivity index (χ0v) is 10.1. The molecule has 18 heavy (non-hydrogen) atoms. The highest BCUT2D eigenvalue weighted by molar-refractivity contribution is 5.76. The lowest BCUT2D eigenvalue weighted by atomic mass is 9.55. The van der Waals surface area contributed by atoms with Crippen LogP contribution in [0.25, 0.3) is 0 Å². The highest BCUT2D eigenvalue weighted by Crippen LogP contribution is 2.52. The van der Waals surface area contributed by atoms with Gasteiger partial charge in [0.2, 0.25) is 0 Å². The number of carbonyl (C=O) groups is 1. The fourth-order valence-corrected chi connectivity index (χ4v) is 2.64. The van der Waals surface area contributed by atoms with Gasteiger partial charge in [0.15, 0.2) is 0 Å². The van der Waals surface area contributed by atoms with Crippen LogP contribution in [0.5, 0.6) is 0 Å². The van der Waals surface area contributed by atoms with Gasteiger partial charge in [-0.25, -0.2) is 0 Å². The summed E-state index contributed by atoms with van der Waals surface area (Å²) in [5.41, 5.74) is -2.81. The molecule has 0 spiro atoms. The van der Waals surface area contributed by atoms with Crippen LogP contribution in [0, 0.1) is 62.1 Å². The third-order valence-corrected chi connectivity index (χ3v) is 3.62. The molecule has 0 aliphatic heterocycles. The summed E-state index contributed by atoms with van der Waals surface area (Å²) in [5.74, 6) is -1.05. The summed E-state index contributed by atoms with van der Waals surface area (Å²) in [6.45, 7) is 1.34. The Morgan fingerprint density at radius 2 is 1.44 bits per heavy atom. The van der Waals surface area contributed by atoms with Crippen molar-refractivity contribution in [3.8, 4) is 24.3 Å². The molecule has 0 atom stereocenters. The van der Waals surface area contributed by atoms with Crippen molar-refractivity contribution in [1.29, 1.82) is 21.0 Å². The van der Waals surface area contributed by atoms with Crippen molar-refractivity contribution < 1.29 is 4.79 Å². The molecule has 0 unspecified atom stereocenters. The summed E-state index contributed by atoms with van der Waals surface area (Å²) < 4.78 is 0. The van der Waals surface area contributed by atoms with E-state index in [1.165, 1.54) is 6.92 Å².